The van der Waals surface area contributed by atoms with E-state index in [0.717, 1.165) is 22.7 Å². The van der Waals surface area contributed by atoms with Gasteiger partial charge in [-0.3, -0.25) is 4.79 Å². The van der Waals surface area contributed by atoms with Crippen molar-refractivity contribution in [2.75, 3.05) is 0 Å². The molecule has 0 fully saturated rings. The molecular formula is C10H8N2OS. The normalized spacial score (nSPS) is 10.3. The summed E-state index contributed by atoms with van der Waals surface area (Å²) >= 11 is 0.941. The van der Waals surface area contributed by atoms with Crippen molar-refractivity contribution in [2.45, 2.75) is 5.03 Å². The highest BCUT2D eigenvalue weighted by Crippen LogP contribution is 2.19. The number of amides is 1. The number of hydrogen-bond acceptors (Lipinski definition) is 3. The van der Waals surface area contributed by atoms with E-state index in [4.69, 9.17) is 5.73 Å². The highest BCUT2D eigenvalue weighted by atomic mass is 32.2. The van der Waals surface area contributed by atoms with Gasteiger partial charge in [0, 0.05) is 5.39 Å². The Hall–Kier alpha value is -1.55. The molecule has 0 aliphatic carbocycles. The highest BCUT2D eigenvalue weighted by molar-refractivity contribution is 8.13. The van der Waals surface area contributed by atoms with Gasteiger partial charge >= 0.3 is 0 Å². The van der Waals surface area contributed by atoms with E-state index in [1.165, 1.54) is 0 Å². The van der Waals surface area contributed by atoms with Gasteiger partial charge < -0.3 is 5.73 Å². The van der Waals surface area contributed by atoms with Crippen LogP contribution in [-0.2, 0) is 0 Å². The van der Waals surface area contributed by atoms with Crippen LogP contribution in [0.2, 0.25) is 0 Å². The number of pyridine rings is 1. The average Bonchev–Trinajstić information content (AvgIpc) is 2.17. The molecule has 2 aromatic rings. The van der Waals surface area contributed by atoms with Crippen molar-refractivity contribution >= 4 is 27.9 Å². The molecule has 4 heteroatoms. The molecule has 0 bridgehead atoms. The van der Waals surface area contributed by atoms with Crippen LogP contribution in [-0.4, -0.2) is 10.2 Å². The number of para-hydroxylation sites is 1. The Labute approximate surface area is 85.3 Å². The molecule has 0 aliphatic rings. The number of benzene rings is 1. The number of fused-ring (bicyclic) bond motifs is 1. The van der Waals surface area contributed by atoms with Crippen LogP contribution in [0.5, 0.6) is 0 Å². The van der Waals surface area contributed by atoms with Crippen LogP contribution in [0.3, 0.4) is 0 Å². The zero-order chi connectivity index (χ0) is 9.97. The molecule has 0 spiro atoms. The fourth-order valence-electron chi connectivity index (χ4n) is 1.21. The van der Waals surface area contributed by atoms with Gasteiger partial charge in [-0.15, -0.1) is 0 Å². The van der Waals surface area contributed by atoms with Crippen molar-refractivity contribution in [1.29, 1.82) is 0 Å². The summed E-state index contributed by atoms with van der Waals surface area (Å²) in [4.78, 5) is 14.9. The summed E-state index contributed by atoms with van der Waals surface area (Å²) in [5.41, 5.74) is 5.93. The molecule has 2 rings (SSSR count). The molecule has 0 aliphatic heterocycles. The molecule has 0 radical (unpaired) electrons. The maximum absolute atomic E-state index is 10.6. The van der Waals surface area contributed by atoms with Crippen LogP contribution >= 0.6 is 11.8 Å². The largest absolute Gasteiger partial charge is 0.360 e. The Balaban J connectivity index is 2.46. The van der Waals surface area contributed by atoms with Gasteiger partial charge in [0.15, 0.2) is 0 Å². The van der Waals surface area contributed by atoms with Crippen molar-refractivity contribution in [1.82, 2.24) is 4.98 Å². The number of primary amides is 1. The van der Waals surface area contributed by atoms with Crippen molar-refractivity contribution in [3.63, 3.8) is 0 Å². The molecule has 1 amide bonds. The van der Waals surface area contributed by atoms with Gasteiger partial charge in [0.05, 0.1) is 5.52 Å². The lowest BCUT2D eigenvalue weighted by atomic mass is 10.2. The second-order valence-corrected chi connectivity index (χ2v) is 3.79. The summed E-state index contributed by atoms with van der Waals surface area (Å²) in [6.07, 6.45) is 0. The number of rotatable bonds is 1. The number of carbonyl (C=O) groups is 1. The van der Waals surface area contributed by atoms with Gasteiger partial charge in [-0.1, -0.05) is 24.3 Å². The Morgan fingerprint density at radius 1 is 1.21 bits per heavy atom. The molecule has 1 aromatic heterocycles. The molecule has 0 saturated heterocycles. The molecule has 14 heavy (non-hydrogen) atoms. The Bertz CT molecular complexity index is 484. The van der Waals surface area contributed by atoms with Crippen LogP contribution in [0.1, 0.15) is 0 Å². The van der Waals surface area contributed by atoms with Gasteiger partial charge in [-0.05, 0) is 23.9 Å². The second-order valence-electron chi connectivity index (χ2n) is 2.76. The van der Waals surface area contributed by atoms with E-state index in [9.17, 15) is 4.79 Å². The third-order valence-electron chi connectivity index (χ3n) is 1.78. The van der Waals surface area contributed by atoms with E-state index in [1.807, 2.05) is 30.3 Å². The summed E-state index contributed by atoms with van der Waals surface area (Å²) in [7, 11) is 0. The van der Waals surface area contributed by atoms with E-state index >= 15 is 0 Å². The molecule has 0 saturated carbocycles. The topological polar surface area (TPSA) is 56.0 Å². The third-order valence-corrected chi connectivity index (χ3v) is 2.42. The fourth-order valence-corrected chi connectivity index (χ4v) is 1.69. The predicted molar refractivity (Wildman–Crippen MR) is 57.2 cm³/mol. The van der Waals surface area contributed by atoms with E-state index in [2.05, 4.69) is 4.98 Å². The zero-order valence-corrected chi connectivity index (χ0v) is 8.12. The second kappa shape index (κ2) is 3.67. The average molecular weight is 204 g/mol. The SMILES string of the molecule is NC(=O)Sc1ccc2ccccc2n1. The minimum Gasteiger partial charge on any atom is -0.360 e. The Morgan fingerprint density at radius 2 is 2.00 bits per heavy atom. The molecule has 0 unspecified atom stereocenters. The lowest BCUT2D eigenvalue weighted by Crippen LogP contribution is -2.02. The fraction of sp³-hybridized carbons (Fsp3) is 0. The minimum absolute atomic E-state index is 0.437. The molecular weight excluding hydrogens is 196 g/mol. The number of carbonyl (C=O) groups excluding carboxylic acids is 1. The maximum atomic E-state index is 10.6. The number of nitrogens with two attached hydrogens (primary N) is 1. The first-order valence-corrected chi connectivity index (χ1v) is 4.90. The van der Waals surface area contributed by atoms with E-state index < -0.39 is 5.24 Å². The van der Waals surface area contributed by atoms with Crippen LogP contribution in [0.4, 0.5) is 4.79 Å². The lowest BCUT2D eigenvalue weighted by molar-refractivity contribution is 0.267. The van der Waals surface area contributed by atoms with Crippen molar-refractivity contribution < 1.29 is 4.79 Å². The molecule has 0 atom stereocenters. The van der Waals surface area contributed by atoms with Crippen LogP contribution in [0.15, 0.2) is 41.4 Å². The summed E-state index contributed by atoms with van der Waals surface area (Å²) < 4.78 is 0. The van der Waals surface area contributed by atoms with E-state index in [-0.39, 0.29) is 0 Å². The van der Waals surface area contributed by atoms with Crippen molar-refractivity contribution in [3.8, 4) is 0 Å². The summed E-state index contributed by atoms with van der Waals surface area (Å²) in [6.45, 7) is 0. The molecule has 70 valence electrons. The highest BCUT2D eigenvalue weighted by Gasteiger charge is 2.01. The molecule has 1 aromatic carbocycles. The first kappa shape index (κ1) is 9.02. The number of thioether (sulfide) groups is 1. The minimum atomic E-state index is -0.437. The number of aromatic nitrogens is 1. The maximum Gasteiger partial charge on any atom is 0.282 e. The Kier molecular flexibility index (Phi) is 2.37. The molecule has 2 N–H and O–H groups in total. The summed E-state index contributed by atoms with van der Waals surface area (Å²) in [5.74, 6) is 0. The number of hydrogen-bond donors (Lipinski definition) is 1. The monoisotopic (exact) mass is 204 g/mol. The van der Waals surface area contributed by atoms with Gasteiger partial charge in [-0.25, -0.2) is 4.98 Å². The standard InChI is InChI=1S/C10H8N2OS/c11-10(13)14-9-6-5-7-3-1-2-4-8(7)12-9/h1-6H,(H2,11,13). The van der Waals surface area contributed by atoms with Gasteiger partial charge in [-0.2, -0.15) is 0 Å². The van der Waals surface area contributed by atoms with Crippen LogP contribution in [0, 0.1) is 0 Å². The predicted octanol–water partition coefficient (Wildman–Crippen LogP) is 2.41. The quantitative estimate of drug-likeness (QED) is 0.726. The van der Waals surface area contributed by atoms with Crippen molar-refractivity contribution in [2.24, 2.45) is 5.73 Å². The van der Waals surface area contributed by atoms with Crippen LogP contribution in [0.25, 0.3) is 10.9 Å². The first-order chi connectivity index (χ1) is 6.75. The van der Waals surface area contributed by atoms with Crippen molar-refractivity contribution in [3.05, 3.63) is 36.4 Å². The van der Waals surface area contributed by atoms with Gasteiger partial charge in [0.1, 0.15) is 5.03 Å². The molecule has 3 nitrogen and oxygen atoms in total. The summed E-state index contributed by atoms with van der Waals surface area (Å²) in [6, 6.07) is 11.5. The smallest absolute Gasteiger partial charge is 0.282 e. The van der Waals surface area contributed by atoms with Crippen LogP contribution < -0.4 is 5.73 Å². The van der Waals surface area contributed by atoms with Gasteiger partial charge in [0.2, 0.25) is 0 Å². The van der Waals surface area contributed by atoms with E-state index in [1.54, 1.807) is 6.07 Å². The zero-order valence-electron chi connectivity index (χ0n) is 7.31. The van der Waals surface area contributed by atoms with Gasteiger partial charge in [0.25, 0.3) is 5.24 Å². The lowest BCUT2D eigenvalue weighted by Gasteiger charge is -1.99. The van der Waals surface area contributed by atoms with E-state index in [0.29, 0.717) is 5.03 Å². The molecule has 1 heterocycles. The summed E-state index contributed by atoms with van der Waals surface area (Å²) in [5, 5.41) is 1.25. The number of nitrogens with zero attached hydrogens (tertiary/aromatic N) is 1. The third kappa shape index (κ3) is 1.85. The first-order valence-electron chi connectivity index (χ1n) is 4.09. The Morgan fingerprint density at radius 3 is 2.79 bits per heavy atom.